The zero-order valence-electron chi connectivity index (χ0n) is 7.54. The lowest BCUT2D eigenvalue weighted by Crippen LogP contribution is -1.93. The minimum Gasteiger partial charge on any atom is -0.482 e. The van der Waals surface area contributed by atoms with Gasteiger partial charge in [-0.15, -0.1) is 0 Å². The van der Waals surface area contributed by atoms with Crippen molar-refractivity contribution in [2.45, 2.75) is 6.92 Å². The third-order valence-corrected chi connectivity index (χ3v) is 4.12. The quantitative estimate of drug-likeness (QED) is 0.554. The van der Waals surface area contributed by atoms with E-state index in [4.69, 9.17) is 27.9 Å². The zero-order valence-corrected chi connectivity index (χ0v) is 9.95. The van der Waals surface area contributed by atoms with Crippen LogP contribution in [-0.2, 0) is 18.3 Å². The van der Waals surface area contributed by atoms with E-state index in [9.17, 15) is 4.57 Å². The second-order valence-corrected chi connectivity index (χ2v) is 5.02. The van der Waals surface area contributed by atoms with Gasteiger partial charge in [-0.1, -0.05) is 11.6 Å². The zero-order chi connectivity index (χ0) is 10.5. The summed E-state index contributed by atoms with van der Waals surface area (Å²) in [4.78, 5) is 0. The normalized spacial score (nSPS) is 13.9. The van der Waals surface area contributed by atoms with Crippen LogP contribution in [0.25, 0.3) is 0 Å². The molecule has 4 nitrogen and oxygen atoms in total. The van der Waals surface area contributed by atoms with Gasteiger partial charge in [0.2, 0.25) is 5.22 Å². The summed E-state index contributed by atoms with van der Waals surface area (Å²) in [6, 6.07) is 0. The van der Waals surface area contributed by atoms with Crippen LogP contribution in [0.4, 0.5) is 0 Å². The highest BCUT2D eigenvalue weighted by molar-refractivity contribution is 7.61. The summed E-state index contributed by atoms with van der Waals surface area (Å²) in [5.41, 5.74) is 0. The monoisotopic (exact) mass is 248 g/mol. The number of ether oxygens (including phenoxy) is 1. The largest absolute Gasteiger partial charge is 0.482 e. The average molecular weight is 249 g/mol. The highest BCUT2D eigenvalue weighted by Gasteiger charge is 2.30. The third kappa shape index (κ3) is 3.49. The van der Waals surface area contributed by atoms with Crippen molar-refractivity contribution >= 4 is 30.8 Å². The van der Waals surface area contributed by atoms with Crippen LogP contribution >= 0.6 is 30.8 Å². The summed E-state index contributed by atoms with van der Waals surface area (Å²) < 4.78 is 25.3. The number of hydrogen-bond acceptors (Lipinski definition) is 4. The first-order chi connectivity index (χ1) is 6.01. The highest BCUT2D eigenvalue weighted by Crippen LogP contribution is 2.58. The molecule has 0 spiro atoms. The number of rotatable bonds is 5. The van der Waals surface area contributed by atoms with Crippen LogP contribution in [0.1, 0.15) is 6.92 Å². The van der Waals surface area contributed by atoms with Crippen molar-refractivity contribution < 1.29 is 18.3 Å². The van der Waals surface area contributed by atoms with Crippen molar-refractivity contribution in [2.24, 2.45) is 0 Å². The molecule has 0 aliphatic heterocycles. The van der Waals surface area contributed by atoms with Gasteiger partial charge < -0.3 is 13.8 Å². The molecule has 0 radical (unpaired) electrons. The van der Waals surface area contributed by atoms with Crippen molar-refractivity contribution in [3.8, 4) is 0 Å². The summed E-state index contributed by atoms with van der Waals surface area (Å²) >= 11 is 11.2. The van der Waals surface area contributed by atoms with Crippen molar-refractivity contribution in [1.82, 2.24) is 0 Å². The molecule has 7 heteroatoms. The fourth-order valence-corrected chi connectivity index (χ4v) is 2.17. The molecule has 0 aliphatic carbocycles. The van der Waals surface area contributed by atoms with Gasteiger partial charge in [0.05, 0.1) is 6.61 Å². The van der Waals surface area contributed by atoms with Gasteiger partial charge in [-0.2, -0.15) is 0 Å². The molecule has 0 rings (SSSR count). The predicted octanol–water partition coefficient (Wildman–Crippen LogP) is 3.11. The van der Waals surface area contributed by atoms with E-state index in [0.717, 1.165) is 0 Å². The van der Waals surface area contributed by atoms with Crippen molar-refractivity contribution in [3.05, 3.63) is 9.99 Å². The third-order valence-electron chi connectivity index (χ3n) is 1.15. The maximum Gasteiger partial charge on any atom is 0.376 e. The second kappa shape index (κ2) is 5.89. The Bertz CT molecular complexity index is 233. The molecule has 0 saturated heterocycles. The number of hydrogen-bond donors (Lipinski definition) is 0. The molecule has 0 aromatic heterocycles. The summed E-state index contributed by atoms with van der Waals surface area (Å²) in [7, 11) is -1.05. The number of halogens is 2. The van der Waals surface area contributed by atoms with E-state index < -0.39 is 7.60 Å². The molecule has 0 unspecified atom stereocenters. The standard InChI is InChI=1S/C6H11Cl2O4P/c1-4-12-5(7)6(8)13(9,10-2)11-3/h4H2,1-3H3. The maximum atomic E-state index is 11.6. The fourth-order valence-electron chi connectivity index (χ4n) is 0.529. The molecule has 0 aliphatic rings. The van der Waals surface area contributed by atoms with Crippen LogP contribution in [0.2, 0.25) is 0 Å². The predicted molar refractivity (Wildman–Crippen MR) is 52.0 cm³/mol. The SMILES string of the molecule is CCOC(Cl)=C(Cl)P(=O)(OC)OC. The van der Waals surface area contributed by atoms with Crippen molar-refractivity contribution in [3.63, 3.8) is 0 Å². The van der Waals surface area contributed by atoms with Gasteiger partial charge in [0.25, 0.3) is 0 Å². The van der Waals surface area contributed by atoms with Crippen molar-refractivity contribution in [2.75, 3.05) is 20.8 Å². The lowest BCUT2D eigenvalue weighted by Gasteiger charge is -2.13. The van der Waals surface area contributed by atoms with E-state index in [2.05, 4.69) is 9.05 Å². The Balaban J connectivity index is 4.82. The molecule has 13 heavy (non-hydrogen) atoms. The summed E-state index contributed by atoms with van der Waals surface area (Å²) in [5, 5.41) is -0.170. The van der Waals surface area contributed by atoms with E-state index in [-0.39, 0.29) is 9.99 Å². The first-order valence-electron chi connectivity index (χ1n) is 3.42. The Morgan fingerprint density at radius 1 is 1.31 bits per heavy atom. The van der Waals surface area contributed by atoms with Gasteiger partial charge in [0.1, 0.15) is 0 Å². The van der Waals surface area contributed by atoms with Crippen molar-refractivity contribution in [1.29, 1.82) is 0 Å². The Morgan fingerprint density at radius 3 is 2.08 bits per heavy atom. The molecule has 0 saturated carbocycles. The van der Waals surface area contributed by atoms with E-state index in [1.165, 1.54) is 14.2 Å². The summed E-state index contributed by atoms with van der Waals surface area (Å²) in [5.74, 6) is 0. The molecule has 0 aromatic carbocycles. The molecule has 0 aromatic rings. The smallest absolute Gasteiger partial charge is 0.376 e. The molecule has 78 valence electrons. The first kappa shape index (κ1) is 13.3. The van der Waals surface area contributed by atoms with Crippen LogP contribution in [0.3, 0.4) is 0 Å². The molecule has 0 heterocycles. The van der Waals surface area contributed by atoms with E-state index in [0.29, 0.717) is 6.61 Å². The minimum absolute atomic E-state index is 0.170. The molecule has 0 fully saturated rings. The lowest BCUT2D eigenvalue weighted by molar-refractivity contribution is 0.249. The Morgan fingerprint density at radius 2 is 1.77 bits per heavy atom. The molecular formula is C6H11Cl2O4P. The van der Waals surface area contributed by atoms with Gasteiger partial charge >= 0.3 is 7.60 Å². The Hall–Kier alpha value is 0.270. The van der Waals surface area contributed by atoms with Crippen LogP contribution in [0, 0.1) is 0 Å². The second-order valence-electron chi connectivity index (χ2n) is 1.86. The van der Waals surface area contributed by atoms with Gasteiger partial charge in [0, 0.05) is 14.2 Å². The molecule has 0 N–H and O–H groups in total. The highest BCUT2D eigenvalue weighted by atomic mass is 35.5. The van der Waals surface area contributed by atoms with Crippen LogP contribution in [-0.4, -0.2) is 20.8 Å². The van der Waals surface area contributed by atoms with Gasteiger partial charge in [-0.25, -0.2) is 0 Å². The van der Waals surface area contributed by atoms with E-state index >= 15 is 0 Å². The van der Waals surface area contributed by atoms with Gasteiger partial charge in [0.15, 0.2) is 4.77 Å². The van der Waals surface area contributed by atoms with E-state index in [1.54, 1.807) is 6.92 Å². The van der Waals surface area contributed by atoms with Gasteiger partial charge in [-0.3, -0.25) is 4.57 Å². The van der Waals surface area contributed by atoms with Gasteiger partial charge in [-0.05, 0) is 18.5 Å². The maximum absolute atomic E-state index is 11.6. The average Bonchev–Trinajstić information content (AvgIpc) is 2.16. The summed E-state index contributed by atoms with van der Waals surface area (Å²) in [6.07, 6.45) is 0. The first-order valence-corrected chi connectivity index (χ1v) is 5.71. The molecule has 0 atom stereocenters. The lowest BCUT2D eigenvalue weighted by atomic mass is 10.9. The Labute approximate surface area is 87.3 Å². The van der Waals surface area contributed by atoms with Crippen LogP contribution < -0.4 is 0 Å². The molecule has 0 bridgehead atoms. The topological polar surface area (TPSA) is 44.8 Å². The Kier molecular flexibility index (Phi) is 6.01. The van der Waals surface area contributed by atoms with Crippen LogP contribution in [0.5, 0.6) is 0 Å². The van der Waals surface area contributed by atoms with E-state index in [1.807, 2.05) is 0 Å². The van der Waals surface area contributed by atoms with Crippen LogP contribution in [0.15, 0.2) is 9.99 Å². The fraction of sp³-hybridized carbons (Fsp3) is 0.667. The molecular weight excluding hydrogens is 238 g/mol. The minimum atomic E-state index is -3.47. The molecule has 0 amide bonds. The summed E-state index contributed by atoms with van der Waals surface area (Å²) in [6.45, 7) is 2.04.